The third-order valence-corrected chi connectivity index (χ3v) is 12.2. The van der Waals surface area contributed by atoms with Gasteiger partial charge >= 0.3 is 14.4 Å². The van der Waals surface area contributed by atoms with Crippen LogP contribution in [0.4, 0.5) is 0 Å². The molecule has 0 spiro atoms. The van der Waals surface area contributed by atoms with Crippen molar-refractivity contribution in [1.29, 1.82) is 0 Å². The number of rotatable bonds is 6. The Bertz CT molecular complexity index is 1100. The van der Waals surface area contributed by atoms with E-state index in [2.05, 4.69) is 168 Å². The SMILES string of the molecule is CC(C)(C)c1cccc(C(C)(C)C)c1OB1N([Si](C)(C)C)B(Oc2c(C(C)(C)C)cccc2C(C)(C)C)N1[Si](C)(C)C. The lowest BCUT2D eigenvalue weighted by molar-refractivity contribution is 0.357. The highest BCUT2D eigenvalue weighted by Gasteiger charge is 2.67. The summed E-state index contributed by atoms with van der Waals surface area (Å²) < 4.78 is 19.9. The molecule has 3 rings (SSSR count). The maximum absolute atomic E-state index is 7.35. The normalized spacial score (nSPS) is 16.5. The number of para-hydroxylation sites is 2. The Hall–Kier alpha value is -1.48. The summed E-state index contributed by atoms with van der Waals surface area (Å²) in [6, 6.07) is 13.4. The van der Waals surface area contributed by atoms with E-state index in [4.69, 9.17) is 9.31 Å². The fourth-order valence-corrected chi connectivity index (χ4v) is 9.46. The molecule has 0 N–H and O–H groups in total. The maximum Gasteiger partial charge on any atom is 0.519 e. The van der Waals surface area contributed by atoms with Gasteiger partial charge in [-0.25, -0.2) is 0 Å². The molecule has 0 bridgehead atoms. The predicted octanol–water partition coefficient (Wildman–Crippen LogP) is 9.59. The summed E-state index contributed by atoms with van der Waals surface area (Å²) in [5.74, 6) is 2.08. The minimum Gasteiger partial charge on any atom is -0.534 e. The summed E-state index contributed by atoms with van der Waals surface area (Å²) in [5.41, 5.74) is 4.87. The third kappa shape index (κ3) is 7.25. The second kappa shape index (κ2) is 11.2. The molecule has 2 aromatic carbocycles. The van der Waals surface area contributed by atoms with Gasteiger partial charge in [-0.15, -0.1) is 0 Å². The zero-order valence-corrected chi connectivity index (χ0v) is 32.3. The van der Waals surface area contributed by atoms with Crippen LogP contribution >= 0.6 is 0 Å². The van der Waals surface area contributed by atoms with Gasteiger partial charge in [0, 0.05) is 0 Å². The molecule has 1 aliphatic heterocycles. The molecule has 0 saturated carbocycles. The highest BCUT2D eigenvalue weighted by Crippen LogP contribution is 2.45. The second-order valence-corrected chi connectivity index (χ2v) is 28.1. The number of nitrogens with zero attached hydrogens (tertiary/aromatic N) is 2. The molecule has 0 aliphatic carbocycles. The van der Waals surface area contributed by atoms with Crippen molar-refractivity contribution in [3.63, 3.8) is 0 Å². The average Bonchev–Trinajstić information content (AvgIpc) is 2.73. The minimum atomic E-state index is -1.92. The molecule has 0 radical (unpaired) electrons. The summed E-state index contributed by atoms with van der Waals surface area (Å²) in [7, 11) is -4.17. The smallest absolute Gasteiger partial charge is 0.519 e. The molecule has 1 saturated heterocycles. The molecule has 232 valence electrons. The van der Waals surface area contributed by atoms with E-state index in [9.17, 15) is 0 Å². The van der Waals surface area contributed by atoms with E-state index in [0.717, 1.165) is 11.5 Å². The fraction of sp³-hybridized carbons (Fsp3) is 0.647. The predicted molar refractivity (Wildman–Crippen MR) is 191 cm³/mol. The molecule has 2 aromatic rings. The van der Waals surface area contributed by atoms with Crippen LogP contribution in [0.3, 0.4) is 0 Å². The summed E-state index contributed by atoms with van der Waals surface area (Å²) in [6.45, 7) is 42.0. The molecule has 1 fully saturated rings. The van der Waals surface area contributed by atoms with Crippen molar-refractivity contribution in [3.8, 4) is 11.5 Å². The molecule has 8 heteroatoms. The Morgan fingerprint density at radius 1 is 0.452 bits per heavy atom. The Labute approximate surface area is 262 Å². The summed E-state index contributed by atoms with van der Waals surface area (Å²) in [4.78, 5) is 0. The van der Waals surface area contributed by atoms with Crippen molar-refractivity contribution in [2.75, 3.05) is 0 Å². The maximum atomic E-state index is 7.35. The molecular weight excluding hydrogens is 546 g/mol. The molecule has 1 aliphatic rings. The Morgan fingerprint density at radius 3 is 0.833 bits per heavy atom. The van der Waals surface area contributed by atoms with Crippen molar-refractivity contribution in [2.45, 2.75) is 144 Å². The van der Waals surface area contributed by atoms with E-state index in [1.54, 1.807) is 0 Å². The monoisotopic (exact) mass is 606 g/mol. The van der Waals surface area contributed by atoms with Crippen LogP contribution in [0.1, 0.15) is 105 Å². The van der Waals surface area contributed by atoms with Crippen LogP contribution in [-0.2, 0) is 21.7 Å². The quantitative estimate of drug-likeness (QED) is 0.306. The topological polar surface area (TPSA) is 24.9 Å². The van der Waals surface area contributed by atoms with Crippen molar-refractivity contribution < 1.29 is 9.31 Å². The van der Waals surface area contributed by atoms with Gasteiger partial charge < -0.3 is 18.1 Å². The number of benzene rings is 2. The Kier molecular flexibility index (Phi) is 9.30. The zero-order chi connectivity index (χ0) is 32.4. The molecule has 1 heterocycles. The van der Waals surface area contributed by atoms with Crippen molar-refractivity contribution in [2.24, 2.45) is 0 Å². The van der Waals surface area contributed by atoms with Crippen molar-refractivity contribution >= 4 is 30.8 Å². The van der Waals surface area contributed by atoms with Gasteiger partial charge in [-0.2, -0.15) is 0 Å². The van der Waals surface area contributed by atoms with Crippen LogP contribution in [0.25, 0.3) is 0 Å². The molecule has 4 nitrogen and oxygen atoms in total. The fourth-order valence-electron chi connectivity index (χ4n) is 5.87. The van der Waals surface area contributed by atoms with E-state index in [0.29, 0.717) is 0 Å². The number of hydrogen-bond acceptors (Lipinski definition) is 4. The van der Waals surface area contributed by atoms with Crippen LogP contribution < -0.4 is 9.31 Å². The molecule has 42 heavy (non-hydrogen) atoms. The molecule has 0 unspecified atom stereocenters. The van der Waals surface area contributed by atoms with E-state index >= 15 is 0 Å². The number of hydrogen-bond donors (Lipinski definition) is 0. The van der Waals surface area contributed by atoms with Crippen LogP contribution in [0.2, 0.25) is 39.3 Å². The summed E-state index contributed by atoms with van der Waals surface area (Å²) in [5, 5.41) is 0. The second-order valence-electron chi connectivity index (χ2n) is 18.4. The average molecular weight is 607 g/mol. The first-order valence-electron chi connectivity index (χ1n) is 15.8. The molecular formula is C34H60B2N2O2Si2. The lowest BCUT2D eigenvalue weighted by Crippen LogP contribution is -2.90. The van der Waals surface area contributed by atoms with Crippen molar-refractivity contribution in [3.05, 3.63) is 58.7 Å². The molecule has 0 aromatic heterocycles. The largest absolute Gasteiger partial charge is 0.534 e. The lowest BCUT2D eigenvalue weighted by atomic mass is 9.69. The Balaban J connectivity index is 2.24. The summed E-state index contributed by atoms with van der Waals surface area (Å²) in [6.07, 6.45) is 0. The molecule has 0 amide bonds. The summed E-state index contributed by atoms with van der Waals surface area (Å²) >= 11 is 0. The van der Waals surface area contributed by atoms with E-state index in [1.807, 2.05) is 0 Å². The van der Waals surface area contributed by atoms with Gasteiger partial charge in [0.2, 0.25) is 0 Å². The van der Waals surface area contributed by atoms with E-state index in [-0.39, 0.29) is 36.0 Å². The third-order valence-electron chi connectivity index (χ3n) is 8.21. The van der Waals surface area contributed by atoms with Crippen LogP contribution in [-0.4, -0.2) is 39.6 Å². The standard InChI is InChI=1S/C34H60B2N2O2Si2/c1-31(2,3)25-21-19-22-26(32(4,5)6)29(25)39-35-37(41(13,14)15)36(38(35)42(16,17)18)40-30-27(33(7,8)9)23-20-24-28(30)34(10,11)12/h19-24H,1-18H3. The Morgan fingerprint density at radius 2 is 0.667 bits per heavy atom. The molecule has 0 atom stereocenters. The highest BCUT2D eigenvalue weighted by atomic mass is 28.3. The van der Waals surface area contributed by atoms with Crippen molar-refractivity contribution in [1.82, 2.24) is 8.78 Å². The first kappa shape index (κ1) is 35.0. The van der Waals surface area contributed by atoms with Gasteiger partial charge in [0.05, 0.1) is 0 Å². The van der Waals surface area contributed by atoms with Gasteiger partial charge in [-0.05, 0) is 43.9 Å². The minimum absolute atomic E-state index is 0.0442. The van der Waals surface area contributed by atoms with Crippen LogP contribution in [0.15, 0.2) is 36.4 Å². The van der Waals surface area contributed by atoms with Gasteiger partial charge in [0.15, 0.2) is 0 Å². The van der Waals surface area contributed by atoms with Gasteiger partial charge in [-0.3, -0.25) is 0 Å². The van der Waals surface area contributed by atoms with Crippen LogP contribution in [0.5, 0.6) is 11.5 Å². The zero-order valence-electron chi connectivity index (χ0n) is 30.3. The lowest BCUT2D eigenvalue weighted by Gasteiger charge is -2.59. The first-order chi connectivity index (χ1) is 18.7. The van der Waals surface area contributed by atoms with E-state index < -0.39 is 16.5 Å². The first-order valence-corrected chi connectivity index (χ1v) is 22.7. The van der Waals surface area contributed by atoms with Gasteiger partial charge in [0.1, 0.15) is 28.0 Å². The van der Waals surface area contributed by atoms with Crippen LogP contribution in [0, 0.1) is 0 Å². The van der Waals surface area contributed by atoms with Gasteiger partial charge in [-0.1, -0.05) is 159 Å². The highest BCUT2D eigenvalue weighted by molar-refractivity contribution is 7.06. The van der Waals surface area contributed by atoms with E-state index in [1.165, 1.54) is 22.3 Å². The van der Waals surface area contributed by atoms with Gasteiger partial charge in [0.25, 0.3) is 0 Å².